The summed E-state index contributed by atoms with van der Waals surface area (Å²) >= 11 is 3.09. The molecular formula is C39H55BN9O7S2. The Morgan fingerprint density at radius 3 is 2.05 bits per heavy atom. The third-order valence-electron chi connectivity index (χ3n) is 9.63. The van der Waals surface area contributed by atoms with Gasteiger partial charge >= 0.3 is 0 Å². The van der Waals surface area contributed by atoms with E-state index < -0.39 is 0 Å². The van der Waals surface area contributed by atoms with Crippen LogP contribution >= 0.6 is 22.7 Å². The number of amides is 3. The van der Waals surface area contributed by atoms with Gasteiger partial charge in [0.2, 0.25) is 11.8 Å². The van der Waals surface area contributed by atoms with E-state index in [2.05, 4.69) is 25.8 Å². The fraction of sp³-hybridized carbons (Fsp3) is 0.513. The highest BCUT2D eigenvalue weighted by Crippen LogP contribution is 2.26. The summed E-state index contributed by atoms with van der Waals surface area (Å²) in [5.41, 5.74) is 11.3. The van der Waals surface area contributed by atoms with Gasteiger partial charge in [0, 0.05) is 79.2 Å². The number of likely N-dealkylation sites (N-methyl/N-ethyl adjacent to an activating group) is 2. The summed E-state index contributed by atoms with van der Waals surface area (Å²) in [7, 11) is 3.85. The third-order valence-corrected chi connectivity index (χ3v) is 11.4. The molecule has 6 rings (SSSR count). The minimum absolute atomic E-state index is 0. The van der Waals surface area contributed by atoms with Crippen LogP contribution in [-0.2, 0) is 14.4 Å². The maximum Gasteiger partial charge on any atom is 0.273 e. The van der Waals surface area contributed by atoms with Crippen molar-refractivity contribution in [1.82, 2.24) is 35.6 Å². The summed E-state index contributed by atoms with van der Waals surface area (Å²) in [4.78, 5) is 64.6. The number of aromatic nitrogens is 2. The summed E-state index contributed by atoms with van der Waals surface area (Å²) in [5.74, 6) is 0.535. The van der Waals surface area contributed by atoms with Crippen molar-refractivity contribution < 1.29 is 33.0 Å². The lowest BCUT2D eigenvalue weighted by atomic mass is 10.1. The standard InChI is InChI=1S/C19H27N5O3S.C14H15NO3S.C6H13N3O.B/c1-23-9-10-24(13-15(23)18(20)25)8-4-2-3-7-21-19(26)14-12-16(27-22-14)17-6-5-11-28-17;16-8-4-2-1-3-6-12(17)11-10-13(18-15-11)14-7-5-9-19-14;1-9-3-2-8-4-5(9)6(7)10;/h5-6,11-12,15H,2-4,7-10,13H2,1H3,(H2,20,25)(H,21,26);5,7-10H,1-4,6H2;5,8H,2-4H2,1H3,(H2,7,10);. The highest BCUT2D eigenvalue weighted by atomic mass is 32.1. The third kappa shape index (κ3) is 15.7. The van der Waals surface area contributed by atoms with E-state index in [1.54, 1.807) is 34.8 Å². The number of piperazine rings is 2. The summed E-state index contributed by atoms with van der Waals surface area (Å²) < 4.78 is 10.4. The van der Waals surface area contributed by atoms with E-state index in [0.29, 0.717) is 55.4 Å². The molecule has 19 heteroatoms. The molecule has 6 heterocycles. The Kier molecular flexibility index (Phi) is 21.2. The fourth-order valence-electron chi connectivity index (χ4n) is 6.17. The van der Waals surface area contributed by atoms with Crippen molar-refractivity contribution in [3.8, 4) is 21.3 Å². The Hall–Kier alpha value is -4.53. The van der Waals surface area contributed by atoms with E-state index in [1.165, 1.54) is 0 Å². The first kappa shape index (κ1) is 47.8. The molecule has 0 saturated carbocycles. The highest BCUT2D eigenvalue weighted by molar-refractivity contribution is 7.13. The molecule has 3 radical (unpaired) electrons. The average Bonchev–Trinajstić information content (AvgIpc) is 4.05. The molecule has 0 spiro atoms. The first-order valence-electron chi connectivity index (χ1n) is 19.3. The van der Waals surface area contributed by atoms with Gasteiger partial charge in [-0.05, 0) is 69.2 Å². The molecule has 3 amide bonds. The fourth-order valence-corrected chi connectivity index (χ4v) is 7.52. The van der Waals surface area contributed by atoms with Crippen LogP contribution in [0.15, 0.2) is 56.2 Å². The van der Waals surface area contributed by atoms with Gasteiger partial charge in [-0.1, -0.05) is 35.3 Å². The second-order valence-corrected chi connectivity index (χ2v) is 15.8. The molecule has 58 heavy (non-hydrogen) atoms. The number of aldehydes is 1. The van der Waals surface area contributed by atoms with E-state index in [4.69, 9.17) is 20.5 Å². The number of nitrogens with one attached hydrogen (secondary N) is 2. The van der Waals surface area contributed by atoms with Gasteiger partial charge in [0.1, 0.15) is 24.1 Å². The molecule has 4 aromatic rings. The maximum absolute atomic E-state index is 12.2. The number of hydrogen-bond donors (Lipinski definition) is 4. The molecule has 2 fully saturated rings. The molecule has 6 N–H and O–H groups in total. The van der Waals surface area contributed by atoms with Crippen molar-refractivity contribution in [2.75, 3.05) is 66.5 Å². The largest absolute Gasteiger partial charge is 0.368 e. The van der Waals surface area contributed by atoms with Crippen molar-refractivity contribution in [3.63, 3.8) is 0 Å². The zero-order valence-electron chi connectivity index (χ0n) is 33.3. The maximum atomic E-state index is 12.2. The Labute approximate surface area is 349 Å². The van der Waals surface area contributed by atoms with Gasteiger partial charge < -0.3 is 35.9 Å². The number of hydrogen-bond acceptors (Lipinski definition) is 15. The van der Waals surface area contributed by atoms with Crippen LogP contribution in [0, 0.1) is 0 Å². The summed E-state index contributed by atoms with van der Waals surface area (Å²) in [6, 6.07) is 10.8. The number of carbonyl (C=O) groups excluding carboxylic acids is 5. The Bertz CT molecular complexity index is 1820. The van der Waals surface area contributed by atoms with E-state index >= 15 is 0 Å². The van der Waals surface area contributed by atoms with Gasteiger partial charge in [-0.15, -0.1) is 22.7 Å². The molecule has 313 valence electrons. The van der Waals surface area contributed by atoms with Gasteiger partial charge in [-0.3, -0.25) is 33.9 Å². The lowest BCUT2D eigenvalue weighted by molar-refractivity contribution is -0.125. The monoisotopic (exact) mass is 836 g/mol. The second kappa shape index (κ2) is 25.8. The van der Waals surface area contributed by atoms with Crippen LogP contribution in [0.25, 0.3) is 21.3 Å². The molecule has 0 aromatic carbocycles. The lowest BCUT2D eigenvalue weighted by Crippen LogP contribution is -2.56. The van der Waals surface area contributed by atoms with E-state index in [0.717, 1.165) is 87.3 Å². The van der Waals surface area contributed by atoms with Crippen LogP contribution in [0.5, 0.6) is 0 Å². The van der Waals surface area contributed by atoms with Crippen LogP contribution in [0.1, 0.15) is 72.3 Å². The SMILES string of the molecule is CN1CCN(CCCCCNC(=O)c2cc(-c3cccs3)on2)CC1C(N)=O.CN1CCNCC1C(N)=O.O=CCCCCCC(=O)c1cc(-c2cccs2)on1.[B]. The molecule has 0 aliphatic carbocycles. The molecule has 4 aromatic heterocycles. The number of unbranched alkanes of at least 4 members (excludes halogenated alkanes) is 5. The predicted molar refractivity (Wildman–Crippen MR) is 226 cm³/mol. The lowest BCUT2D eigenvalue weighted by Gasteiger charge is -2.37. The molecule has 2 aliphatic heterocycles. The summed E-state index contributed by atoms with van der Waals surface area (Å²) in [6.45, 7) is 6.58. The number of thiophene rings is 2. The number of nitrogens with two attached hydrogens (primary N) is 2. The van der Waals surface area contributed by atoms with Crippen molar-refractivity contribution in [2.24, 2.45) is 11.5 Å². The minimum atomic E-state index is -0.259. The number of nitrogens with zero attached hydrogens (tertiary/aromatic N) is 5. The first-order valence-corrected chi connectivity index (χ1v) is 21.0. The average molecular weight is 837 g/mol. The van der Waals surface area contributed by atoms with Gasteiger partial charge in [0.15, 0.2) is 23.0 Å². The quantitative estimate of drug-likeness (QED) is 0.0490. The zero-order chi connectivity index (χ0) is 41.0. The second-order valence-electron chi connectivity index (χ2n) is 13.9. The minimum Gasteiger partial charge on any atom is -0.368 e. The van der Waals surface area contributed by atoms with Crippen LogP contribution in [0.4, 0.5) is 0 Å². The van der Waals surface area contributed by atoms with Crippen LogP contribution < -0.4 is 22.1 Å². The van der Waals surface area contributed by atoms with Gasteiger partial charge in [0.05, 0.1) is 9.75 Å². The highest BCUT2D eigenvalue weighted by Gasteiger charge is 2.28. The zero-order valence-corrected chi connectivity index (χ0v) is 34.9. The van der Waals surface area contributed by atoms with Crippen molar-refractivity contribution in [3.05, 3.63) is 58.5 Å². The molecule has 0 bridgehead atoms. The predicted octanol–water partition coefficient (Wildman–Crippen LogP) is 3.13. The van der Waals surface area contributed by atoms with Crippen molar-refractivity contribution >= 4 is 60.9 Å². The normalized spacial score (nSPS) is 17.1. The van der Waals surface area contributed by atoms with Gasteiger partial charge in [0.25, 0.3) is 5.91 Å². The van der Waals surface area contributed by atoms with Crippen molar-refractivity contribution in [1.29, 1.82) is 0 Å². The topological polar surface area (TPSA) is 223 Å². The van der Waals surface area contributed by atoms with Crippen LogP contribution in [0.2, 0.25) is 0 Å². The molecular weight excluding hydrogens is 781 g/mol. The van der Waals surface area contributed by atoms with Crippen LogP contribution in [0.3, 0.4) is 0 Å². The number of carbonyl (C=O) groups is 5. The Morgan fingerprint density at radius 1 is 0.845 bits per heavy atom. The molecule has 2 unspecified atom stereocenters. The smallest absolute Gasteiger partial charge is 0.273 e. The van der Waals surface area contributed by atoms with Gasteiger partial charge in [-0.2, -0.15) is 0 Å². The van der Waals surface area contributed by atoms with Crippen molar-refractivity contribution in [2.45, 2.75) is 63.5 Å². The van der Waals surface area contributed by atoms with E-state index in [-0.39, 0.29) is 44.0 Å². The van der Waals surface area contributed by atoms with Gasteiger partial charge in [-0.25, -0.2) is 0 Å². The number of rotatable bonds is 18. The number of ketones is 1. The molecule has 2 saturated heterocycles. The van der Waals surface area contributed by atoms with E-state index in [9.17, 15) is 24.0 Å². The summed E-state index contributed by atoms with van der Waals surface area (Å²) in [5, 5.41) is 17.6. The number of primary amides is 2. The van der Waals surface area contributed by atoms with E-state index in [1.807, 2.05) is 58.9 Å². The number of Topliss-reactive ketones (excluding diaryl/α,β-unsaturated/α-hetero) is 1. The first-order chi connectivity index (χ1) is 27.6. The Balaban J connectivity index is 0.000000258. The molecule has 2 aliphatic rings. The van der Waals surface area contributed by atoms with Crippen LogP contribution in [-0.4, -0.2) is 142 Å². The molecule has 2 atom stereocenters. The Morgan fingerprint density at radius 2 is 1.47 bits per heavy atom. The molecule has 16 nitrogen and oxygen atoms in total. The summed E-state index contributed by atoms with van der Waals surface area (Å²) in [6.07, 6.45) is 7.38.